The Morgan fingerprint density at radius 2 is 1.71 bits per heavy atom. The molecule has 0 amide bonds. The Bertz CT molecular complexity index is 628. The van der Waals surface area contributed by atoms with Gasteiger partial charge < -0.3 is 0 Å². The molecule has 7 heteroatoms. The molecule has 1 fully saturated rings. The van der Waals surface area contributed by atoms with Crippen molar-refractivity contribution < 1.29 is 4.39 Å². The monoisotopic (exact) mass is 291 g/mol. The summed E-state index contributed by atoms with van der Waals surface area (Å²) in [5.74, 6) is -0.449. The molecule has 0 N–H and O–H groups in total. The van der Waals surface area contributed by atoms with Crippen LogP contribution < -0.4 is 0 Å². The fraction of sp³-hybridized carbons (Fsp3) is 0.300. The molecule has 3 rings (SSSR count). The van der Waals surface area contributed by atoms with E-state index in [0.717, 1.165) is 12.8 Å². The Labute approximate surface area is 111 Å². The molecule has 17 heavy (non-hydrogen) atoms. The lowest BCUT2D eigenvalue weighted by molar-refractivity contribution is 0.629. The van der Waals surface area contributed by atoms with Crippen LogP contribution >= 0.6 is 34.8 Å². The molecule has 2 heterocycles. The molecule has 0 bridgehead atoms. The highest BCUT2D eigenvalue weighted by Crippen LogP contribution is 2.44. The second kappa shape index (κ2) is 3.90. The second-order valence-electron chi connectivity index (χ2n) is 3.88. The predicted octanol–water partition coefficient (Wildman–Crippen LogP) is 4.00. The third-order valence-corrected chi connectivity index (χ3v) is 3.36. The normalized spacial score (nSPS) is 15.5. The Morgan fingerprint density at radius 3 is 2.35 bits per heavy atom. The van der Waals surface area contributed by atoms with Gasteiger partial charge in [0.05, 0.1) is 11.1 Å². The minimum atomic E-state index is -0.711. The van der Waals surface area contributed by atoms with Crippen LogP contribution in [-0.4, -0.2) is 15.0 Å². The number of pyridine rings is 1. The first-order valence-electron chi connectivity index (χ1n) is 4.95. The van der Waals surface area contributed by atoms with Gasteiger partial charge in [-0.1, -0.05) is 23.2 Å². The van der Waals surface area contributed by atoms with Gasteiger partial charge in [0.2, 0.25) is 5.28 Å². The van der Waals surface area contributed by atoms with E-state index in [1.165, 1.54) is 0 Å². The molecule has 2 aromatic rings. The van der Waals surface area contributed by atoms with E-state index in [2.05, 4.69) is 15.0 Å². The Kier molecular flexibility index (Phi) is 2.61. The summed E-state index contributed by atoms with van der Waals surface area (Å²) >= 11 is 17.4. The third-order valence-electron chi connectivity index (χ3n) is 2.67. The van der Waals surface area contributed by atoms with Crippen molar-refractivity contribution in [1.82, 2.24) is 15.0 Å². The van der Waals surface area contributed by atoms with Gasteiger partial charge in [-0.3, -0.25) is 0 Å². The molecule has 88 valence electrons. The van der Waals surface area contributed by atoms with Crippen molar-refractivity contribution >= 4 is 45.7 Å². The highest BCUT2D eigenvalue weighted by atomic mass is 35.5. The smallest absolute Gasteiger partial charge is 0.224 e. The van der Waals surface area contributed by atoms with E-state index < -0.39 is 5.82 Å². The second-order valence-corrected chi connectivity index (χ2v) is 4.94. The molecule has 3 nitrogen and oxygen atoms in total. The first-order chi connectivity index (χ1) is 8.08. The number of aromatic nitrogens is 3. The van der Waals surface area contributed by atoms with Crippen molar-refractivity contribution in [3.05, 3.63) is 27.1 Å². The largest absolute Gasteiger partial charge is 0.237 e. The van der Waals surface area contributed by atoms with E-state index in [9.17, 15) is 4.39 Å². The Hall–Kier alpha value is -0.710. The number of hydrogen-bond acceptors (Lipinski definition) is 3. The summed E-state index contributed by atoms with van der Waals surface area (Å²) in [6.45, 7) is 0. The summed E-state index contributed by atoms with van der Waals surface area (Å²) in [5.41, 5.74) is 0.699. The summed E-state index contributed by atoms with van der Waals surface area (Å²) in [6.07, 6.45) is 1.98. The zero-order chi connectivity index (χ0) is 12.2. The maximum atomic E-state index is 13.8. The van der Waals surface area contributed by atoms with Crippen LogP contribution in [0.25, 0.3) is 10.9 Å². The SMILES string of the molecule is Fc1c(Cl)nc(C2CC2)c2c(Cl)nc(Cl)nc12. The fourth-order valence-corrected chi connectivity index (χ4v) is 2.41. The number of halogens is 4. The predicted molar refractivity (Wildman–Crippen MR) is 64.3 cm³/mol. The minimum Gasteiger partial charge on any atom is -0.237 e. The van der Waals surface area contributed by atoms with E-state index in [1.807, 2.05) is 0 Å². The number of rotatable bonds is 1. The lowest BCUT2D eigenvalue weighted by Crippen LogP contribution is -1.99. The molecule has 0 spiro atoms. The molecule has 1 saturated carbocycles. The standard InChI is InChI=1S/C10H5Cl3FN3/c11-8-4-6(3-1-2-3)15-9(12)5(14)7(4)16-10(13)17-8/h3H,1-2H2. The van der Waals surface area contributed by atoms with Crippen LogP contribution in [0.15, 0.2) is 0 Å². The van der Waals surface area contributed by atoms with Crippen LogP contribution in [0.2, 0.25) is 15.6 Å². The van der Waals surface area contributed by atoms with E-state index >= 15 is 0 Å². The van der Waals surface area contributed by atoms with Gasteiger partial charge >= 0.3 is 0 Å². The van der Waals surface area contributed by atoms with Crippen molar-refractivity contribution in [3.63, 3.8) is 0 Å². The van der Waals surface area contributed by atoms with Crippen LogP contribution in [0, 0.1) is 5.82 Å². The molecule has 0 atom stereocenters. The van der Waals surface area contributed by atoms with Crippen molar-refractivity contribution in [2.75, 3.05) is 0 Å². The van der Waals surface area contributed by atoms with Crippen LogP contribution in [0.1, 0.15) is 24.5 Å². The van der Waals surface area contributed by atoms with E-state index in [4.69, 9.17) is 34.8 Å². The van der Waals surface area contributed by atoms with E-state index in [-0.39, 0.29) is 27.0 Å². The van der Waals surface area contributed by atoms with E-state index in [1.54, 1.807) is 0 Å². The fourth-order valence-electron chi connectivity index (χ4n) is 1.75. The highest BCUT2D eigenvalue weighted by molar-refractivity contribution is 6.36. The highest BCUT2D eigenvalue weighted by Gasteiger charge is 2.30. The molecule has 0 aliphatic heterocycles. The zero-order valence-electron chi connectivity index (χ0n) is 8.35. The van der Waals surface area contributed by atoms with Gasteiger partial charge in [-0.05, 0) is 24.4 Å². The maximum absolute atomic E-state index is 13.8. The molecule has 0 aromatic carbocycles. The number of fused-ring (bicyclic) bond motifs is 1. The molecule has 0 radical (unpaired) electrons. The van der Waals surface area contributed by atoms with E-state index in [0.29, 0.717) is 11.1 Å². The van der Waals surface area contributed by atoms with Crippen molar-refractivity contribution in [3.8, 4) is 0 Å². The Balaban J connectivity index is 2.45. The first kappa shape index (κ1) is 11.4. The van der Waals surface area contributed by atoms with Gasteiger partial charge in [0.25, 0.3) is 0 Å². The molecule has 0 unspecified atom stereocenters. The number of nitrogens with zero attached hydrogens (tertiary/aromatic N) is 3. The molecule has 1 aliphatic carbocycles. The molecular weight excluding hydrogens is 287 g/mol. The maximum Gasteiger partial charge on any atom is 0.224 e. The summed E-state index contributed by atoms with van der Waals surface area (Å²) in [5, 5.41) is 0.223. The lowest BCUT2D eigenvalue weighted by atomic mass is 10.1. The van der Waals surface area contributed by atoms with Crippen molar-refractivity contribution in [2.45, 2.75) is 18.8 Å². The van der Waals surface area contributed by atoms with Crippen LogP contribution in [-0.2, 0) is 0 Å². The average molecular weight is 293 g/mol. The summed E-state index contributed by atoms with van der Waals surface area (Å²) in [6, 6.07) is 0. The van der Waals surface area contributed by atoms with Crippen LogP contribution in [0.3, 0.4) is 0 Å². The average Bonchev–Trinajstić information content (AvgIpc) is 3.07. The first-order valence-corrected chi connectivity index (χ1v) is 6.09. The van der Waals surface area contributed by atoms with Gasteiger partial charge in [-0.25, -0.2) is 19.3 Å². The minimum absolute atomic E-state index is 0.0388. The quantitative estimate of drug-likeness (QED) is 0.453. The number of hydrogen-bond donors (Lipinski definition) is 0. The summed E-state index contributed by atoms with van der Waals surface area (Å²) in [7, 11) is 0. The molecule has 0 saturated heterocycles. The zero-order valence-corrected chi connectivity index (χ0v) is 10.6. The van der Waals surface area contributed by atoms with Crippen LogP contribution in [0.4, 0.5) is 4.39 Å². The Morgan fingerprint density at radius 1 is 1.00 bits per heavy atom. The summed E-state index contributed by atoms with van der Waals surface area (Å²) < 4.78 is 13.8. The summed E-state index contributed by atoms with van der Waals surface area (Å²) in [4.78, 5) is 11.7. The third kappa shape index (κ3) is 1.84. The van der Waals surface area contributed by atoms with Gasteiger partial charge in [-0.15, -0.1) is 0 Å². The molecule has 2 aromatic heterocycles. The lowest BCUT2D eigenvalue weighted by Gasteiger charge is -2.07. The van der Waals surface area contributed by atoms with Gasteiger partial charge in [0, 0.05) is 5.92 Å². The van der Waals surface area contributed by atoms with Crippen LogP contribution in [0.5, 0.6) is 0 Å². The van der Waals surface area contributed by atoms with Crippen molar-refractivity contribution in [1.29, 1.82) is 0 Å². The molecule has 1 aliphatic rings. The van der Waals surface area contributed by atoms with Gasteiger partial charge in [0.15, 0.2) is 11.0 Å². The topological polar surface area (TPSA) is 38.7 Å². The van der Waals surface area contributed by atoms with Gasteiger partial charge in [0.1, 0.15) is 10.7 Å². The molecular formula is C10H5Cl3FN3. The van der Waals surface area contributed by atoms with Gasteiger partial charge in [-0.2, -0.15) is 0 Å². The van der Waals surface area contributed by atoms with Crippen molar-refractivity contribution in [2.24, 2.45) is 0 Å².